The lowest BCUT2D eigenvalue weighted by atomic mass is 10.2. The second-order valence-corrected chi connectivity index (χ2v) is 5.07. The zero-order valence-corrected chi connectivity index (χ0v) is 12.1. The van der Waals surface area contributed by atoms with Crippen molar-refractivity contribution < 1.29 is 9.53 Å². The Kier molecular flexibility index (Phi) is 4.27. The molecule has 0 saturated carbocycles. The molecule has 0 aromatic carbocycles. The fourth-order valence-electron chi connectivity index (χ4n) is 2.11. The molecule has 0 N–H and O–H groups in total. The number of carbonyl (C=O) groups excluding carboxylic acids is 1. The number of hydrogen-bond donors (Lipinski definition) is 0. The predicted molar refractivity (Wildman–Crippen MR) is 74.0 cm³/mol. The van der Waals surface area contributed by atoms with Gasteiger partial charge < -0.3 is 9.64 Å². The Morgan fingerprint density at radius 1 is 1.58 bits per heavy atom. The summed E-state index contributed by atoms with van der Waals surface area (Å²) in [6.45, 7) is 5.68. The van der Waals surface area contributed by atoms with E-state index in [-0.39, 0.29) is 12.0 Å². The molecule has 1 fully saturated rings. The summed E-state index contributed by atoms with van der Waals surface area (Å²) in [6.07, 6.45) is 3.37. The predicted octanol–water partition coefficient (Wildman–Crippen LogP) is 1.64. The Morgan fingerprint density at radius 3 is 2.89 bits per heavy atom. The van der Waals surface area contributed by atoms with Crippen LogP contribution in [0.3, 0.4) is 0 Å². The van der Waals surface area contributed by atoms with Gasteiger partial charge in [-0.2, -0.15) is 5.10 Å². The highest BCUT2D eigenvalue weighted by Crippen LogP contribution is 2.20. The van der Waals surface area contributed by atoms with Gasteiger partial charge in [0, 0.05) is 31.8 Å². The van der Waals surface area contributed by atoms with Crippen LogP contribution in [0.5, 0.6) is 0 Å². The lowest BCUT2D eigenvalue weighted by molar-refractivity contribution is -0.132. The smallest absolute Gasteiger partial charge is 0.246 e. The summed E-state index contributed by atoms with van der Waals surface area (Å²) in [5.74, 6) is -0.0190. The van der Waals surface area contributed by atoms with Crippen molar-refractivity contribution in [3.8, 4) is 0 Å². The second-order valence-electron chi connectivity index (χ2n) is 4.71. The van der Waals surface area contributed by atoms with Crippen LogP contribution in [0.15, 0.2) is 6.08 Å². The molecule has 0 radical (unpaired) electrons. The van der Waals surface area contributed by atoms with E-state index in [1.54, 1.807) is 28.8 Å². The first-order valence-corrected chi connectivity index (χ1v) is 6.64. The SMILES string of the molecule is Cc1nn(C)c(Cl)c1/C=C/C(=O)N1CCOC(C)C1. The van der Waals surface area contributed by atoms with E-state index in [1.807, 2.05) is 13.8 Å². The maximum atomic E-state index is 12.1. The monoisotopic (exact) mass is 283 g/mol. The third-order valence-corrected chi connectivity index (χ3v) is 3.59. The Morgan fingerprint density at radius 2 is 2.32 bits per heavy atom. The third kappa shape index (κ3) is 3.16. The highest BCUT2D eigenvalue weighted by Gasteiger charge is 2.19. The largest absolute Gasteiger partial charge is 0.375 e. The van der Waals surface area contributed by atoms with Gasteiger partial charge in [-0.3, -0.25) is 9.48 Å². The molecule has 1 aromatic heterocycles. The van der Waals surface area contributed by atoms with Gasteiger partial charge in [-0.1, -0.05) is 11.6 Å². The van der Waals surface area contributed by atoms with Crippen LogP contribution in [0, 0.1) is 6.92 Å². The molecule has 5 nitrogen and oxygen atoms in total. The molecule has 0 spiro atoms. The highest BCUT2D eigenvalue weighted by atomic mass is 35.5. The molecule has 1 aromatic rings. The number of aromatic nitrogens is 2. The van der Waals surface area contributed by atoms with Crippen molar-refractivity contribution >= 4 is 23.6 Å². The van der Waals surface area contributed by atoms with Crippen molar-refractivity contribution in [2.24, 2.45) is 7.05 Å². The standard InChI is InChI=1S/C13H18ClN3O2/c1-9-8-17(6-7-19-9)12(18)5-4-11-10(2)15-16(3)13(11)14/h4-5,9H,6-8H2,1-3H3/b5-4+. The van der Waals surface area contributed by atoms with Crippen LogP contribution in [0.25, 0.3) is 6.08 Å². The molecule has 1 aliphatic rings. The van der Waals surface area contributed by atoms with Crippen LogP contribution in [-0.2, 0) is 16.6 Å². The molecular weight excluding hydrogens is 266 g/mol. The lowest BCUT2D eigenvalue weighted by Crippen LogP contribution is -2.43. The van der Waals surface area contributed by atoms with Crippen LogP contribution in [0.2, 0.25) is 5.15 Å². The molecule has 1 amide bonds. The first-order valence-electron chi connectivity index (χ1n) is 6.26. The van der Waals surface area contributed by atoms with Crippen LogP contribution in [0.1, 0.15) is 18.2 Å². The quantitative estimate of drug-likeness (QED) is 0.775. The molecule has 19 heavy (non-hydrogen) atoms. The number of morpholine rings is 1. The molecule has 0 aliphatic carbocycles. The summed E-state index contributed by atoms with van der Waals surface area (Å²) in [7, 11) is 1.78. The summed E-state index contributed by atoms with van der Waals surface area (Å²) in [6, 6.07) is 0. The van der Waals surface area contributed by atoms with E-state index in [0.717, 1.165) is 11.3 Å². The zero-order chi connectivity index (χ0) is 14.0. The molecule has 1 atom stereocenters. The Labute approximate surface area is 117 Å². The van der Waals surface area contributed by atoms with E-state index in [0.29, 0.717) is 24.8 Å². The third-order valence-electron chi connectivity index (χ3n) is 3.14. The maximum Gasteiger partial charge on any atom is 0.246 e. The van der Waals surface area contributed by atoms with Crippen molar-refractivity contribution in [2.45, 2.75) is 20.0 Å². The summed E-state index contributed by atoms with van der Waals surface area (Å²) < 4.78 is 7.01. The number of aryl methyl sites for hydroxylation is 2. The van der Waals surface area contributed by atoms with E-state index >= 15 is 0 Å². The number of hydrogen-bond acceptors (Lipinski definition) is 3. The van der Waals surface area contributed by atoms with E-state index in [9.17, 15) is 4.79 Å². The van der Waals surface area contributed by atoms with Crippen molar-refractivity contribution in [2.75, 3.05) is 19.7 Å². The molecule has 6 heteroatoms. The second kappa shape index (κ2) is 5.75. The Hall–Kier alpha value is -1.33. The van der Waals surface area contributed by atoms with Crippen molar-refractivity contribution in [3.63, 3.8) is 0 Å². The van der Waals surface area contributed by atoms with Crippen LogP contribution in [-0.4, -0.2) is 46.4 Å². The summed E-state index contributed by atoms with van der Waals surface area (Å²) in [4.78, 5) is 13.8. The normalized spacial score (nSPS) is 20.2. The van der Waals surface area contributed by atoms with Crippen LogP contribution >= 0.6 is 11.6 Å². The van der Waals surface area contributed by atoms with E-state index < -0.39 is 0 Å². The van der Waals surface area contributed by atoms with Crippen LogP contribution < -0.4 is 0 Å². The van der Waals surface area contributed by atoms with Gasteiger partial charge in [0.15, 0.2) is 0 Å². The molecule has 104 valence electrons. The van der Waals surface area contributed by atoms with Crippen molar-refractivity contribution in [1.82, 2.24) is 14.7 Å². The first kappa shape index (κ1) is 14.1. The molecule has 0 bridgehead atoms. The Balaban J connectivity index is 2.07. The van der Waals surface area contributed by atoms with Gasteiger partial charge in [-0.15, -0.1) is 0 Å². The summed E-state index contributed by atoms with van der Waals surface area (Å²) in [5, 5.41) is 4.74. The number of amides is 1. The maximum absolute atomic E-state index is 12.1. The minimum atomic E-state index is -0.0190. The average molecular weight is 284 g/mol. The van der Waals surface area contributed by atoms with Gasteiger partial charge in [0.05, 0.1) is 18.4 Å². The number of halogens is 1. The molecule has 2 rings (SSSR count). The van der Waals surface area contributed by atoms with Crippen LogP contribution in [0.4, 0.5) is 0 Å². The van der Waals surface area contributed by atoms with Gasteiger partial charge in [0.1, 0.15) is 5.15 Å². The molecule has 1 saturated heterocycles. The highest BCUT2D eigenvalue weighted by molar-refractivity contribution is 6.31. The Bertz CT molecular complexity index is 510. The van der Waals surface area contributed by atoms with Gasteiger partial charge in [0.2, 0.25) is 5.91 Å². The van der Waals surface area contributed by atoms with Gasteiger partial charge in [0.25, 0.3) is 0 Å². The fraction of sp³-hybridized carbons (Fsp3) is 0.538. The average Bonchev–Trinajstić information content (AvgIpc) is 2.61. The van der Waals surface area contributed by atoms with Crippen molar-refractivity contribution in [1.29, 1.82) is 0 Å². The number of rotatable bonds is 2. The summed E-state index contributed by atoms with van der Waals surface area (Å²) in [5.41, 5.74) is 1.60. The van der Waals surface area contributed by atoms with E-state index in [2.05, 4.69) is 5.10 Å². The first-order chi connectivity index (χ1) is 8.99. The van der Waals surface area contributed by atoms with E-state index in [1.165, 1.54) is 0 Å². The molecular formula is C13H18ClN3O2. The molecule has 1 aliphatic heterocycles. The van der Waals surface area contributed by atoms with E-state index in [4.69, 9.17) is 16.3 Å². The lowest BCUT2D eigenvalue weighted by Gasteiger charge is -2.30. The van der Waals surface area contributed by atoms with Gasteiger partial charge in [-0.05, 0) is 19.9 Å². The van der Waals surface area contributed by atoms with Gasteiger partial charge in [-0.25, -0.2) is 0 Å². The topological polar surface area (TPSA) is 47.4 Å². The number of ether oxygens (including phenoxy) is 1. The van der Waals surface area contributed by atoms with Gasteiger partial charge >= 0.3 is 0 Å². The number of nitrogens with zero attached hydrogens (tertiary/aromatic N) is 3. The molecule has 1 unspecified atom stereocenters. The number of carbonyl (C=O) groups is 1. The minimum absolute atomic E-state index is 0.0190. The zero-order valence-electron chi connectivity index (χ0n) is 11.4. The fourth-order valence-corrected chi connectivity index (χ4v) is 2.35. The summed E-state index contributed by atoms with van der Waals surface area (Å²) >= 11 is 6.11. The minimum Gasteiger partial charge on any atom is -0.375 e. The molecule has 2 heterocycles. The van der Waals surface area contributed by atoms with Crippen molar-refractivity contribution in [3.05, 3.63) is 22.5 Å².